The molecule has 1 amide bonds. The molecule has 0 aliphatic carbocycles. The summed E-state index contributed by atoms with van der Waals surface area (Å²) in [6, 6.07) is 2.41. The van der Waals surface area contributed by atoms with Gasteiger partial charge >= 0.3 is 6.18 Å². The third-order valence-electron chi connectivity index (χ3n) is 2.40. The third-order valence-corrected chi connectivity index (χ3v) is 2.74. The largest absolute Gasteiger partial charge is 0.416 e. The van der Waals surface area contributed by atoms with Gasteiger partial charge < -0.3 is 10.4 Å². The molecular formula is C13H13ClF3NO2. The van der Waals surface area contributed by atoms with E-state index in [4.69, 9.17) is 16.7 Å². The number of alkyl halides is 3. The molecule has 0 spiro atoms. The highest BCUT2D eigenvalue weighted by atomic mass is 35.5. The van der Waals surface area contributed by atoms with Crippen LogP contribution < -0.4 is 5.32 Å². The second kappa shape index (κ2) is 6.76. The van der Waals surface area contributed by atoms with Crippen LogP contribution in [0.15, 0.2) is 24.3 Å². The quantitative estimate of drug-likeness (QED) is 0.840. The molecule has 1 atom stereocenters. The van der Waals surface area contributed by atoms with E-state index in [1.807, 2.05) is 0 Å². The van der Waals surface area contributed by atoms with Crippen molar-refractivity contribution in [1.82, 2.24) is 5.32 Å². The van der Waals surface area contributed by atoms with Crippen LogP contribution in [-0.4, -0.2) is 23.7 Å². The summed E-state index contributed by atoms with van der Waals surface area (Å²) in [5.41, 5.74) is -0.751. The minimum atomic E-state index is -4.47. The fraction of sp³-hybridized carbons (Fsp3) is 0.308. The van der Waals surface area contributed by atoms with Gasteiger partial charge in [-0.2, -0.15) is 13.2 Å². The van der Waals surface area contributed by atoms with Gasteiger partial charge in [-0.25, -0.2) is 0 Å². The highest BCUT2D eigenvalue weighted by Crippen LogP contribution is 2.32. The fourth-order valence-electron chi connectivity index (χ4n) is 1.35. The number of hydrogen-bond donors (Lipinski definition) is 2. The van der Waals surface area contributed by atoms with Crippen molar-refractivity contribution >= 4 is 23.6 Å². The maximum Gasteiger partial charge on any atom is 0.416 e. The van der Waals surface area contributed by atoms with Gasteiger partial charge in [0, 0.05) is 17.1 Å². The van der Waals surface area contributed by atoms with E-state index in [-0.39, 0.29) is 17.2 Å². The number of aliphatic hydroxyl groups is 1. The lowest BCUT2D eigenvalue weighted by Gasteiger charge is -2.09. The first-order valence-corrected chi connectivity index (χ1v) is 6.08. The number of aliphatic hydroxyl groups excluding tert-OH is 1. The van der Waals surface area contributed by atoms with Crippen LogP contribution >= 0.6 is 11.6 Å². The molecule has 0 saturated heterocycles. The minimum Gasteiger partial charge on any atom is -0.394 e. The molecule has 0 aromatic heterocycles. The second-order valence-electron chi connectivity index (χ2n) is 4.16. The van der Waals surface area contributed by atoms with Crippen LogP contribution in [0.4, 0.5) is 13.2 Å². The molecule has 110 valence electrons. The van der Waals surface area contributed by atoms with Gasteiger partial charge in [-0.1, -0.05) is 11.6 Å². The van der Waals surface area contributed by atoms with Crippen molar-refractivity contribution in [3.8, 4) is 0 Å². The Morgan fingerprint density at radius 3 is 2.70 bits per heavy atom. The zero-order valence-corrected chi connectivity index (χ0v) is 11.3. The third kappa shape index (κ3) is 4.86. The smallest absolute Gasteiger partial charge is 0.394 e. The Hall–Kier alpha value is -1.53. The zero-order chi connectivity index (χ0) is 15.3. The van der Waals surface area contributed by atoms with Gasteiger partial charge in [0.1, 0.15) is 0 Å². The summed E-state index contributed by atoms with van der Waals surface area (Å²) in [6.07, 6.45) is -2.22. The number of rotatable bonds is 4. The number of amides is 1. The van der Waals surface area contributed by atoms with E-state index in [9.17, 15) is 18.0 Å². The van der Waals surface area contributed by atoms with Crippen molar-refractivity contribution in [2.45, 2.75) is 19.1 Å². The number of hydrogen-bond acceptors (Lipinski definition) is 2. The van der Waals surface area contributed by atoms with Gasteiger partial charge in [0.05, 0.1) is 12.2 Å². The van der Waals surface area contributed by atoms with Crippen LogP contribution in [0.5, 0.6) is 0 Å². The molecule has 1 aromatic carbocycles. The molecule has 0 aliphatic heterocycles. The molecular weight excluding hydrogens is 295 g/mol. The standard InChI is InChI=1S/C13H13ClF3NO2/c1-8(7-19)18-12(20)5-2-9-6-10(13(15,16)17)3-4-11(9)14/h2-6,8,19H,7H2,1H3,(H,18,20)/b5-2+. The summed E-state index contributed by atoms with van der Waals surface area (Å²) in [5, 5.41) is 11.3. The SMILES string of the molecule is CC(CO)NC(=O)/C=C/c1cc(C(F)(F)F)ccc1Cl. The molecule has 0 heterocycles. The van der Waals surface area contributed by atoms with Gasteiger partial charge in [-0.05, 0) is 36.8 Å². The van der Waals surface area contributed by atoms with Crippen molar-refractivity contribution in [1.29, 1.82) is 0 Å². The van der Waals surface area contributed by atoms with Gasteiger partial charge in [0.25, 0.3) is 0 Å². The fourth-order valence-corrected chi connectivity index (χ4v) is 1.53. The molecule has 0 fully saturated rings. The molecule has 1 aromatic rings. The lowest BCUT2D eigenvalue weighted by molar-refractivity contribution is -0.137. The first-order chi connectivity index (χ1) is 9.24. The van der Waals surface area contributed by atoms with Gasteiger partial charge in [-0.3, -0.25) is 4.79 Å². The van der Waals surface area contributed by atoms with Crippen LogP contribution in [-0.2, 0) is 11.0 Å². The molecule has 0 radical (unpaired) electrons. The molecule has 0 aliphatic rings. The van der Waals surface area contributed by atoms with E-state index >= 15 is 0 Å². The summed E-state index contributed by atoms with van der Waals surface area (Å²) in [5.74, 6) is -0.528. The number of nitrogens with one attached hydrogen (secondary N) is 1. The Morgan fingerprint density at radius 1 is 1.50 bits per heavy atom. The molecule has 20 heavy (non-hydrogen) atoms. The van der Waals surface area contributed by atoms with Crippen LogP contribution in [0.1, 0.15) is 18.1 Å². The molecule has 2 N–H and O–H groups in total. The van der Waals surface area contributed by atoms with Crippen molar-refractivity contribution in [3.05, 3.63) is 40.4 Å². The Kier molecular flexibility index (Phi) is 5.59. The van der Waals surface area contributed by atoms with E-state index in [1.165, 1.54) is 6.08 Å². The van der Waals surface area contributed by atoms with E-state index in [0.717, 1.165) is 24.3 Å². The monoisotopic (exact) mass is 307 g/mol. The van der Waals surface area contributed by atoms with Crippen LogP contribution in [0, 0.1) is 0 Å². The van der Waals surface area contributed by atoms with Crippen LogP contribution in [0.2, 0.25) is 5.02 Å². The van der Waals surface area contributed by atoms with Gasteiger partial charge in [0.15, 0.2) is 0 Å². The molecule has 0 bridgehead atoms. The Bertz CT molecular complexity index is 515. The number of carbonyl (C=O) groups excluding carboxylic acids is 1. The predicted octanol–water partition coefficient (Wildman–Crippen LogP) is 2.87. The Morgan fingerprint density at radius 2 is 2.15 bits per heavy atom. The van der Waals surface area contributed by atoms with Crippen LogP contribution in [0.3, 0.4) is 0 Å². The lowest BCUT2D eigenvalue weighted by Crippen LogP contribution is -2.33. The molecule has 3 nitrogen and oxygen atoms in total. The van der Waals surface area contributed by atoms with E-state index in [2.05, 4.69) is 5.32 Å². The molecule has 1 unspecified atom stereocenters. The van der Waals surface area contributed by atoms with Gasteiger partial charge in [0.2, 0.25) is 5.91 Å². The Balaban J connectivity index is 2.89. The van der Waals surface area contributed by atoms with Gasteiger partial charge in [-0.15, -0.1) is 0 Å². The second-order valence-corrected chi connectivity index (χ2v) is 4.57. The first-order valence-electron chi connectivity index (χ1n) is 5.70. The molecule has 0 saturated carbocycles. The highest BCUT2D eigenvalue weighted by molar-refractivity contribution is 6.32. The lowest BCUT2D eigenvalue weighted by atomic mass is 10.1. The highest BCUT2D eigenvalue weighted by Gasteiger charge is 2.30. The summed E-state index contributed by atoms with van der Waals surface area (Å²) in [4.78, 5) is 11.4. The maximum atomic E-state index is 12.5. The first kappa shape index (κ1) is 16.5. The normalized spacial score (nSPS) is 13.5. The molecule has 1 rings (SSSR count). The van der Waals surface area contributed by atoms with E-state index in [0.29, 0.717) is 0 Å². The average molecular weight is 308 g/mol. The van der Waals surface area contributed by atoms with Crippen molar-refractivity contribution in [3.63, 3.8) is 0 Å². The van der Waals surface area contributed by atoms with Crippen molar-refractivity contribution < 1.29 is 23.1 Å². The number of halogens is 4. The van der Waals surface area contributed by atoms with Crippen molar-refractivity contribution in [2.24, 2.45) is 0 Å². The molecule has 7 heteroatoms. The van der Waals surface area contributed by atoms with Crippen LogP contribution in [0.25, 0.3) is 6.08 Å². The minimum absolute atomic E-state index is 0.0910. The number of carbonyl (C=O) groups is 1. The van der Waals surface area contributed by atoms with E-state index in [1.54, 1.807) is 6.92 Å². The topological polar surface area (TPSA) is 49.3 Å². The Labute approximate surface area is 119 Å². The zero-order valence-electron chi connectivity index (χ0n) is 10.5. The summed E-state index contributed by atoms with van der Waals surface area (Å²) < 4.78 is 37.6. The summed E-state index contributed by atoms with van der Waals surface area (Å²) in [6.45, 7) is 1.35. The average Bonchev–Trinajstić information content (AvgIpc) is 2.36. The predicted molar refractivity (Wildman–Crippen MR) is 70.2 cm³/mol. The maximum absolute atomic E-state index is 12.5. The summed E-state index contributed by atoms with van der Waals surface area (Å²) >= 11 is 5.77. The van der Waals surface area contributed by atoms with E-state index < -0.39 is 23.7 Å². The summed E-state index contributed by atoms with van der Waals surface area (Å²) in [7, 11) is 0. The van der Waals surface area contributed by atoms with Crippen molar-refractivity contribution in [2.75, 3.05) is 6.61 Å². The number of benzene rings is 1.